The Kier molecular flexibility index (Phi) is 6.87. The number of amides is 1. The Morgan fingerprint density at radius 3 is 2.52 bits per heavy atom. The van der Waals surface area contributed by atoms with Crippen molar-refractivity contribution in [3.63, 3.8) is 0 Å². The highest BCUT2D eigenvalue weighted by atomic mass is 16.5. The van der Waals surface area contributed by atoms with Gasteiger partial charge in [0.05, 0.1) is 26.4 Å². The van der Waals surface area contributed by atoms with Crippen molar-refractivity contribution in [1.82, 2.24) is 9.13 Å². The zero-order chi connectivity index (χ0) is 23.4. The lowest BCUT2D eigenvalue weighted by Gasteiger charge is -2.30. The molecule has 0 bridgehead atoms. The van der Waals surface area contributed by atoms with Crippen molar-refractivity contribution in [2.45, 2.75) is 32.9 Å². The normalized spacial score (nSPS) is 15.7. The lowest BCUT2D eigenvalue weighted by atomic mass is 10.2. The van der Waals surface area contributed by atoms with Gasteiger partial charge in [-0.3, -0.25) is 14.2 Å². The summed E-state index contributed by atoms with van der Waals surface area (Å²) in [5, 5.41) is 2.73. The third-order valence-electron chi connectivity index (χ3n) is 5.55. The minimum absolute atomic E-state index is 0.119. The van der Waals surface area contributed by atoms with Gasteiger partial charge in [0.1, 0.15) is 18.1 Å². The maximum absolute atomic E-state index is 13.3. The van der Waals surface area contributed by atoms with Crippen molar-refractivity contribution in [2.24, 2.45) is 0 Å². The monoisotopic (exact) mass is 459 g/mol. The first-order valence-electron chi connectivity index (χ1n) is 11.1. The van der Waals surface area contributed by atoms with E-state index in [9.17, 15) is 14.4 Å². The second-order valence-corrected chi connectivity index (χ2v) is 7.92. The molecule has 11 heteroatoms. The Morgan fingerprint density at radius 2 is 1.79 bits per heavy atom. The number of benzene rings is 1. The molecule has 1 amide bonds. The van der Waals surface area contributed by atoms with Gasteiger partial charge in [-0.1, -0.05) is 6.92 Å². The molecule has 0 unspecified atom stereocenters. The summed E-state index contributed by atoms with van der Waals surface area (Å²) < 4.78 is 18.9. The van der Waals surface area contributed by atoms with Crippen LogP contribution in [0.5, 0.6) is 11.5 Å². The van der Waals surface area contributed by atoms with Gasteiger partial charge in [0.2, 0.25) is 5.91 Å². The van der Waals surface area contributed by atoms with Crippen LogP contribution in [0, 0.1) is 0 Å². The lowest BCUT2D eigenvalue weighted by molar-refractivity contribution is -0.116. The van der Waals surface area contributed by atoms with Crippen molar-refractivity contribution in [3.05, 3.63) is 39.0 Å². The highest BCUT2D eigenvalue weighted by Gasteiger charge is 2.24. The minimum Gasteiger partial charge on any atom is -0.490 e. The largest absolute Gasteiger partial charge is 0.490 e. The number of aromatic nitrogens is 2. The number of ether oxygens (including phenoxy) is 3. The Balaban J connectivity index is 1.62. The predicted octanol–water partition coefficient (Wildman–Crippen LogP) is 0.639. The second kappa shape index (κ2) is 9.99. The molecular weight excluding hydrogens is 430 g/mol. The molecule has 2 aromatic rings. The van der Waals surface area contributed by atoms with Gasteiger partial charge in [0.15, 0.2) is 11.5 Å². The van der Waals surface area contributed by atoms with Gasteiger partial charge < -0.3 is 30.2 Å². The molecule has 2 aliphatic rings. The van der Waals surface area contributed by atoms with Gasteiger partial charge in [-0.2, -0.15) is 0 Å². The fourth-order valence-electron chi connectivity index (χ4n) is 3.95. The summed E-state index contributed by atoms with van der Waals surface area (Å²) >= 11 is 0. The Bertz CT molecular complexity index is 1140. The number of morpholine rings is 1. The van der Waals surface area contributed by atoms with Crippen molar-refractivity contribution in [2.75, 3.05) is 55.5 Å². The number of hydrogen-bond acceptors (Lipinski definition) is 8. The SMILES string of the molecule is CCCn1c(N)c(N2CCOCC2)c(=O)n(CC(=O)Nc2ccc3c(c2)OCCCO3)c1=O. The lowest BCUT2D eigenvalue weighted by Crippen LogP contribution is -2.48. The summed E-state index contributed by atoms with van der Waals surface area (Å²) in [4.78, 5) is 40.9. The molecule has 33 heavy (non-hydrogen) atoms. The summed E-state index contributed by atoms with van der Waals surface area (Å²) in [6.07, 6.45) is 1.42. The quantitative estimate of drug-likeness (QED) is 0.644. The number of hydrogen-bond donors (Lipinski definition) is 2. The summed E-state index contributed by atoms with van der Waals surface area (Å²) in [5.41, 5.74) is 5.77. The Labute approximate surface area is 190 Å². The number of carbonyl (C=O) groups excluding carboxylic acids is 1. The van der Waals surface area contributed by atoms with Gasteiger partial charge in [-0.25, -0.2) is 9.36 Å². The van der Waals surface area contributed by atoms with Crippen LogP contribution in [0.1, 0.15) is 19.8 Å². The Hall–Kier alpha value is -3.47. The van der Waals surface area contributed by atoms with Crippen LogP contribution in [0.2, 0.25) is 0 Å². The third kappa shape index (κ3) is 4.82. The molecule has 1 aromatic carbocycles. The van der Waals surface area contributed by atoms with E-state index < -0.39 is 23.7 Å². The number of anilines is 3. The molecule has 11 nitrogen and oxygen atoms in total. The van der Waals surface area contributed by atoms with Crippen LogP contribution in [-0.4, -0.2) is 54.6 Å². The number of nitrogens with two attached hydrogens (primary N) is 1. The maximum Gasteiger partial charge on any atom is 0.333 e. The molecular formula is C22H29N5O6. The molecule has 3 N–H and O–H groups in total. The number of nitrogens with one attached hydrogen (secondary N) is 1. The first kappa shape index (κ1) is 22.7. The second-order valence-electron chi connectivity index (χ2n) is 7.92. The van der Waals surface area contributed by atoms with Crippen molar-refractivity contribution in [3.8, 4) is 11.5 Å². The molecule has 0 aliphatic carbocycles. The van der Waals surface area contributed by atoms with E-state index in [1.807, 2.05) is 11.8 Å². The molecule has 178 valence electrons. The maximum atomic E-state index is 13.3. The summed E-state index contributed by atoms with van der Waals surface area (Å²) in [5.74, 6) is 0.755. The highest BCUT2D eigenvalue weighted by Crippen LogP contribution is 2.32. The van der Waals surface area contributed by atoms with Gasteiger partial charge in [0.25, 0.3) is 5.56 Å². The van der Waals surface area contributed by atoms with Crippen LogP contribution >= 0.6 is 0 Å². The molecule has 3 heterocycles. The molecule has 0 radical (unpaired) electrons. The zero-order valence-electron chi connectivity index (χ0n) is 18.7. The van der Waals surface area contributed by atoms with Crippen molar-refractivity contribution >= 4 is 23.1 Å². The molecule has 2 aliphatic heterocycles. The standard InChI is InChI=1S/C22H29N5O6/c1-2-6-26-20(23)19(25-7-11-31-12-8-25)21(29)27(22(26)30)14-18(28)24-15-4-5-16-17(13-15)33-10-3-9-32-16/h4-5,13H,2-3,6-12,14,23H2,1H3,(H,24,28). The number of nitrogens with zero attached hydrogens (tertiary/aromatic N) is 3. The van der Waals surface area contributed by atoms with E-state index in [0.717, 1.165) is 11.0 Å². The van der Waals surface area contributed by atoms with Crippen molar-refractivity contribution < 1.29 is 19.0 Å². The molecule has 0 atom stereocenters. The topological polar surface area (TPSA) is 130 Å². The van der Waals surface area contributed by atoms with E-state index >= 15 is 0 Å². The van der Waals surface area contributed by atoms with Crippen LogP contribution in [-0.2, 0) is 22.6 Å². The average molecular weight is 460 g/mol. The van der Waals surface area contributed by atoms with Crippen LogP contribution in [0.4, 0.5) is 17.2 Å². The average Bonchev–Trinajstić information content (AvgIpc) is 3.05. The van der Waals surface area contributed by atoms with Gasteiger partial charge in [-0.05, 0) is 18.6 Å². The first-order chi connectivity index (χ1) is 16.0. The molecule has 4 rings (SSSR count). The third-order valence-corrected chi connectivity index (χ3v) is 5.55. The van der Waals surface area contributed by atoms with E-state index in [0.29, 0.717) is 69.7 Å². The van der Waals surface area contributed by atoms with Crippen LogP contribution < -0.4 is 36.7 Å². The number of rotatable bonds is 6. The summed E-state index contributed by atoms with van der Waals surface area (Å²) in [6.45, 7) is 4.76. The smallest absolute Gasteiger partial charge is 0.333 e. The van der Waals surface area contributed by atoms with Crippen LogP contribution in [0.25, 0.3) is 0 Å². The van der Waals surface area contributed by atoms with Crippen LogP contribution in [0.15, 0.2) is 27.8 Å². The molecule has 1 aromatic heterocycles. The van der Waals surface area contributed by atoms with E-state index in [1.54, 1.807) is 18.2 Å². The first-order valence-corrected chi connectivity index (χ1v) is 11.1. The summed E-state index contributed by atoms with van der Waals surface area (Å²) in [7, 11) is 0. The summed E-state index contributed by atoms with van der Waals surface area (Å²) in [6, 6.07) is 5.07. The number of fused-ring (bicyclic) bond motifs is 1. The predicted molar refractivity (Wildman–Crippen MR) is 123 cm³/mol. The molecule has 1 fully saturated rings. The fourth-order valence-corrected chi connectivity index (χ4v) is 3.95. The molecule has 1 saturated heterocycles. The van der Waals surface area contributed by atoms with E-state index in [-0.39, 0.29) is 11.5 Å². The van der Waals surface area contributed by atoms with Gasteiger partial charge >= 0.3 is 5.69 Å². The fraction of sp³-hybridized carbons (Fsp3) is 0.500. The zero-order valence-corrected chi connectivity index (χ0v) is 18.7. The van der Waals surface area contributed by atoms with Crippen LogP contribution in [0.3, 0.4) is 0 Å². The number of nitrogen functional groups attached to an aromatic ring is 1. The Morgan fingerprint density at radius 1 is 1.06 bits per heavy atom. The highest BCUT2D eigenvalue weighted by molar-refractivity contribution is 5.91. The van der Waals surface area contributed by atoms with Crippen molar-refractivity contribution in [1.29, 1.82) is 0 Å². The molecule has 0 saturated carbocycles. The van der Waals surface area contributed by atoms with E-state index in [1.165, 1.54) is 4.57 Å². The number of carbonyl (C=O) groups is 1. The van der Waals surface area contributed by atoms with E-state index in [4.69, 9.17) is 19.9 Å². The van der Waals surface area contributed by atoms with Gasteiger partial charge in [0, 0.05) is 37.8 Å². The van der Waals surface area contributed by atoms with Gasteiger partial charge in [-0.15, -0.1) is 0 Å². The minimum atomic E-state index is -0.606. The molecule has 0 spiro atoms. The van der Waals surface area contributed by atoms with E-state index in [2.05, 4.69) is 5.32 Å².